The molecule has 3 nitrogen and oxygen atoms in total. The summed E-state index contributed by atoms with van der Waals surface area (Å²) in [5, 5.41) is 0. The second kappa shape index (κ2) is 3.27. The zero-order chi connectivity index (χ0) is 6.62. The third-order valence-electron chi connectivity index (χ3n) is 0.438. The molecule has 0 fully saturated rings. The molecule has 1 N–H and O–H groups in total. The summed E-state index contributed by atoms with van der Waals surface area (Å²) in [7, 11) is -3.90. The van der Waals surface area contributed by atoms with E-state index < -0.39 is 10.1 Å². The minimum atomic E-state index is -3.90. The monoisotopic (exact) mass is 157 g/mol. The van der Waals surface area contributed by atoms with Gasteiger partial charge in [0.05, 0.1) is 0 Å². The average Bonchev–Trinajstić information content (AvgIpc) is 1.59. The predicted octanol–water partition coefficient (Wildman–Crippen LogP) is 0.665. The van der Waals surface area contributed by atoms with Gasteiger partial charge in [0.25, 0.3) is 10.1 Å². The first-order valence-electron chi connectivity index (χ1n) is 1.93. The van der Waals surface area contributed by atoms with Crippen LogP contribution in [-0.2, 0) is 10.1 Å². The molecule has 0 atom stereocenters. The molecule has 0 saturated heterocycles. The summed E-state index contributed by atoms with van der Waals surface area (Å²) < 4.78 is 27.7. The van der Waals surface area contributed by atoms with Crippen molar-refractivity contribution in [1.29, 1.82) is 0 Å². The van der Waals surface area contributed by atoms with E-state index in [1.807, 2.05) is 0 Å². The Hall–Kier alpha value is 0.200. The molecule has 0 aromatic carbocycles. The number of hydrogen-bond donors (Lipinski definition) is 1. The maximum atomic E-state index is 9.83. The minimum Gasteiger partial charge on any atom is -0.285 e. The van der Waals surface area contributed by atoms with Gasteiger partial charge in [-0.2, -0.15) is 8.42 Å². The molecule has 0 heterocycles. The quantitative estimate of drug-likeness (QED) is 0.484. The zero-order valence-corrected chi connectivity index (χ0v) is 5.61. The number of rotatable bonds is 3. The van der Waals surface area contributed by atoms with E-state index in [0.29, 0.717) is 0 Å². The molecule has 1 radical (unpaired) electrons. The van der Waals surface area contributed by atoms with Gasteiger partial charge in [-0.1, -0.05) is 0 Å². The van der Waals surface area contributed by atoms with Gasteiger partial charge in [0, 0.05) is 5.88 Å². The van der Waals surface area contributed by atoms with E-state index in [4.69, 9.17) is 16.2 Å². The largest absolute Gasteiger partial charge is 0.285 e. The van der Waals surface area contributed by atoms with Crippen LogP contribution < -0.4 is 0 Å². The maximum Gasteiger partial charge on any atom is 0.269 e. The van der Waals surface area contributed by atoms with E-state index in [1.54, 1.807) is 0 Å². The smallest absolute Gasteiger partial charge is 0.269 e. The first-order chi connectivity index (χ1) is 3.56. The van der Waals surface area contributed by atoms with Crippen molar-refractivity contribution in [3.8, 4) is 0 Å². The molecule has 49 valence electrons. The molecule has 0 spiro atoms. The van der Waals surface area contributed by atoms with E-state index in [-0.39, 0.29) is 12.3 Å². The highest BCUT2D eigenvalue weighted by atomic mass is 35.5. The maximum absolute atomic E-state index is 9.83. The van der Waals surface area contributed by atoms with Crippen molar-refractivity contribution in [3.05, 3.63) is 5.75 Å². The van der Waals surface area contributed by atoms with E-state index in [9.17, 15) is 8.42 Å². The third kappa shape index (κ3) is 6.20. The van der Waals surface area contributed by atoms with Crippen LogP contribution in [0.5, 0.6) is 0 Å². The lowest BCUT2D eigenvalue weighted by molar-refractivity contribution is 0.489. The highest BCUT2D eigenvalue weighted by molar-refractivity contribution is 7.87. The van der Waals surface area contributed by atoms with Crippen LogP contribution in [0, 0.1) is 5.75 Å². The Morgan fingerprint density at radius 3 is 2.25 bits per heavy atom. The van der Waals surface area contributed by atoms with Gasteiger partial charge in [-0.3, -0.25) is 4.55 Å². The second-order valence-corrected chi connectivity index (χ2v) is 2.90. The fraction of sp³-hybridized carbons (Fsp3) is 0.667. The van der Waals surface area contributed by atoms with Crippen LogP contribution >= 0.6 is 11.6 Å². The first-order valence-corrected chi connectivity index (χ1v) is 3.96. The Morgan fingerprint density at radius 1 is 1.62 bits per heavy atom. The molecule has 0 aliphatic carbocycles. The summed E-state index contributed by atoms with van der Waals surface area (Å²) in [6, 6.07) is 0. The van der Waals surface area contributed by atoms with E-state index in [1.165, 1.54) is 0 Å². The van der Waals surface area contributed by atoms with Gasteiger partial charge < -0.3 is 0 Å². The summed E-state index contributed by atoms with van der Waals surface area (Å²) in [5.74, 6) is 0.972. The van der Waals surface area contributed by atoms with Crippen LogP contribution in [0.15, 0.2) is 0 Å². The summed E-state index contributed by atoms with van der Waals surface area (Å²) in [6.07, 6.45) is 0.181. The van der Waals surface area contributed by atoms with Gasteiger partial charge in [-0.15, -0.1) is 11.6 Å². The van der Waals surface area contributed by atoms with E-state index in [0.717, 1.165) is 5.75 Å². The summed E-state index contributed by atoms with van der Waals surface area (Å²) in [4.78, 5) is 0. The van der Waals surface area contributed by atoms with Crippen molar-refractivity contribution in [1.82, 2.24) is 0 Å². The Bertz CT molecular complexity index is 139. The molecule has 5 heteroatoms. The molecule has 0 bridgehead atoms. The standard InChI is InChI=1S/C3H6ClO3S/c4-2-1-3-8(5,6)7/h3H,1-2H2,(H,5,6,7). The average molecular weight is 158 g/mol. The fourth-order valence-electron chi connectivity index (χ4n) is 0.193. The van der Waals surface area contributed by atoms with Crippen LogP contribution in [0.2, 0.25) is 0 Å². The Labute approximate surface area is 53.4 Å². The van der Waals surface area contributed by atoms with Crippen LogP contribution in [0.3, 0.4) is 0 Å². The molecule has 0 aromatic rings. The normalized spacial score (nSPS) is 11.8. The molecule has 0 amide bonds. The van der Waals surface area contributed by atoms with Crippen molar-refractivity contribution >= 4 is 21.7 Å². The van der Waals surface area contributed by atoms with E-state index >= 15 is 0 Å². The molecule has 0 aliphatic rings. The van der Waals surface area contributed by atoms with E-state index in [2.05, 4.69) is 0 Å². The first kappa shape index (κ1) is 8.20. The Kier molecular flexibility index (Phi) is 3.35. The van der Waals surface area contributed by atoms with Gasteiger partial charge in [0.2, 0.25) is 0 Å². The van der Waals surface area contributed by atoms with Gasteiger partial charge >= 0.3 is 0 Å². The van der Waals surface area contributed by atoms with Gasteiger partial charge in [0.1, 0.15) is 5.75 Å². The number of hydrogen-bond acceptors (Lipinski definition) is 2. The summed E-state index contributed by atoms with van der Waals surface area (Å²) >= 11 is 5.10. The molecule has 0 aliphatic heterocycles. The Balaban J connectivity index is 3.42. The summed E-state index contributed by atoms with van der Waals surface area (Å²) in [5.41, 5.74) is 0. The highest BCUT2D eigenvalue weighted by Gasteiger charge is 2.01. The SMILES string of the molecule is O=S(=O)(O)[CH]CCCl. The minimum absolute atomic E-state index is 0.181. The lowest BCUT2D eigenvalue weighted by Gasteiger charge is -1.88. The van der Waals surface area contributed by atoms with Crippen LogP contribution in [0.1, 0.15) is 6.42 Å². The fourth-order valence-corrected chi connectivity index (χ4v) is 0.848. The second-order valence-electron chi connectivity index (χ2n) is 1.16. The van der Waals surface area contributed by atoms with Crippen molar-refractivity contribution < 1.29 is 13.0 Å². The molecular formula is C3H6ClO3S. The highest BCUT2D eigenvalue weighted by Crippen LogP contribution is 1.95. The van der Waals surface area contributed by atoms with Crippen molar-refractivity contribution in [2.45, 2.75) is 6.42 Å². The number of alkyl halides is 1. The Morgan fingerprint density at radius 2 is 2.12 bits per heavy atom. The predicted molar refractivity (Wildman–Crippen MR) is 31.2 cm³/mol. The van der Waals surface area contributed by atoms with Crippen molar-refractivity contribution in [2.24, 2.45) is 0 Å². The molecule has 0 saturated carbocycles. The van der Waals surface area contributed by atoms with Crippen LogP contribution in [0.25, 0.3) is 0 Å². The molecular weight excluding hydrogens is 152 g/mol. The van der Waals surface area contributed by atoms with Gasteiger partial charge in [0.15, 0.2) is 0 Å². The van der Waals surface area contributed by atoms with Crippen LogP contribution in [0.4, 0.5) is 0 Å². The van der Waals surface area contributed by atoms with Crippen LogP contribution in [-0.4, -0.2) is 18.9 Å². The van der Waals surface area contributed by atoms with Crippen molar-refractivity contribution in [2.75, 3.05) is 5.88 Å². The third-order valence-corrected chi connectivity index (χ3v) is 1.31. The molecule has 0 aromatic heterocycles. The van der Waals surface area contributed by atoms with Gasteiger partial charge in [-0.25, -0.2) is 0 Å². The van der Waals surface area contributed by atoms with Crippen molar-refractivity contribution in [3.63, 3.8) is 0 Å². The van der Waals surface area contributed by atoms with Gasteiger partial charge in [-0.05, 0) is 6.42 Å². The topological polar surface area (TPSA) is 54.4 Å². The lowest BCUT2D eigenvalue weighted by Crippen LogP contribution is -1.96. The molecule has 0 rings (SSSR count). The molecule has 8 heavy (non-hydrogen) atoms. The number of halogens is 1. The summed E-state index contributed by atoms with van der Waals surface area (Å²) in [6.45, 7) is 0. The molecule has 0 unspecified atom stereocenters. The zero-order valence-electron chi connectivity index (χ0n) is 4.04. The lowest BCUT2D eigenvalue weighted by atomic mass is 10.6.